The predicted octanol–water partition coefficient (Wildman–Crippen LogP) is -0.152. The van der Waals surface area contributed by atoms with Crippen molar-refractivity contribution < 1.29 is 32.9 Å². The van der Waals surface area contributed by atoms with Crippen molar-refractivity contribution in [3.63, 3.8) is 0 Å². The second-order valence-corrected chi connectivity index (χ2v) is 3.13. The van der Waals surface area contributed by atoms with Gasteiger partial charge in [-0.1, -0.05) is 0 Å². The van der Waals surface area contributed by atoms with Crippen molar-refractivity contribution in [2.75, 3.05) is 32.9 Å². The Morgan fingerprint density at radius 1 is 1.50 bits per heavy atom. The van der Waals surface area contributed by atoms with Gasteiger partial charge in [-0.15, -0.1) is 0 Å². The van der Waals surface area contributed by atoms with Crippen molar-refractivity contribution >= 4 is 5.97 Å². The molecule has 1 unspecified atom stereocenters. The van der Waals surface area contributed by atoms with Crippen LogP contribution in [0.3, 0.4) is 0 Å². The highest BCUT2D eigenvalue weighted by atomic mass is 19.4. The van der Waals surface area contributed by atoms with E-state index in [9.17, 15) is 13.2 Å². The zero-order chi connectivity index (χ0) is 12.6. The largest absolute Gasteiger partial charge is 0.490 e. The highest BCUT2D eigenvalue weighted by Crippen LogP contribution is 2.13. The van der Waals surface area contributed by atoms with Gasteiger partial charge in [0.25, 0.3) is 0 Å². The van der Waals surface area contributed by atoms with Crippen LogP contribution < -0.4 is 5.32 Å². The van der Waals surface area contributed by atoms with Gasteiger partial charge in [-0.05, 0) is 0 Å². The predicted molar refractivity (Wildman–Crippen MR) is 48.0 cm³/mol. The zero-order valence-electron chi connectivity index (χ0n) is 8.46. The van der Waals surface area contributed by atoms with E-state index in [2.05, 4.69) is 5.32 Å². The van der Waals surface area contributed by atoms with Crippen LogP contribution in [-0.2, 0) is 9.53 Å². The Bertz CT molecular complexity index is 202. The molecule has 1 rings (SSSR count). The third-order valence-corrected chi connectivity index (χ3v) is 1.71. The monoisotopic (exact) mass is 245 g/mol. The van der Waals surface area contributed by atoms with E-state index < -0.39 is 12.1 Å². The van der Waals surface area contributed by atoms with Crippen molar-refractivity contribution in [3.05, 3.63) is 0 Å². The maximum atomic E-state index is 10.6. The van der Waals surface area contributed by atoms with E-state index in [1.165, 1.54) is 0 Å². The summed E-state index contributed by atoms with van der Waals surface area (Å²) < 4.78 is 36.9. The molecule has 0 spiro atoms. The van der Waals surface area contributed by atoms with Gasteiger partial charge < -0.3 is 20.3 Å². The lowest BCUT2D eigenvalue weighted by Crippen LogP contribution is -2.24. The number of halogens is 3. The SMILES string of the molecule is O=C(O)C(F)(F)F.OCC1CNCCOC1. The smallest absolute Gasteiger partial charge is 0.475 e. The van der Waals surface area contributed by atoms with E-state index in [0.29, 0.717) is 12.5 Å². The molecule has 0 aromatic rings. The molecular formula is C8H14F3NO4. The molecule has 1 saturated heterocycles. The first-order chi connectivity index (χ1) is 7.38. The van der Waals surface area contributed by atoms with Crippen LogP contribution in [0.5, 0.6) is 0 Å². The Kier molecular flexibility index (Phi) is 7.02. The summed E-state index contributed by atoms with van der Waals surface area (Å²) in [6, 6.07) is 0. The summed E-state index contributed by atoms with van der Waals surface area (Å²) in [7, 11) is 0. The van der Waals surface area contributed by atoms with Gasteiger partial charge in [0.1, 0.15) is 0 Å². The molecule has 0 saturated carbocycles. The number of aliphatic hydroxyl groups excluding tert-OH is 1. The summed E-state index contributed by atoms with van der Waals surface area (Å²) in [5.74, 6) is -2.46. The van der Waals surface area contributed by atoms with E-state index in [4.69, 9.17) is 19.7 Å². The maximum absolute atomic E-state index is 10.6. The molecule has 1 aliphatic rings. The van der Waals surface area contributed by atoms with Crippen LogP contribution in [0, 0.1) is 5.92 Å². The number of ether oxygens (including phenoxy) is 1. The first kappa shape index (κ1) is 15.1. The maximum Gasteiger partial charge on any atom is 0.490 e. The highest BCUT2D eigenvalue weighted by molar-refractivity contribution is 5.73. The number of hydrogen-bond acceptors (Lipinski definition) is 4. The molecule has 96 valence electrons. The molecule has 0 aromatic heterocycles. The lowest BCUT2D eigenvalue weighted by atomic mass is 10.2. The van der Waals surface area contributed by atoms with Crippen molar-refractivity contribution in [1.82, 2.24) is 5.32 Å². The number of aliphatic carboxylic acids is 1. The minimum atomic E-state index is -5.08. The van der Waals surface area contributed by atoms with Gasteiger partial charge >= 0.3 is 12.1 Å². The van der Waals surface area contributed by atoms with Crippen LogP contribution in [0.4, 0.5) is 13.2 Å². The molecule has 1 heterocycles. The molecule has 3 N–H and O–H groups in total. The average Bonchev–Trinajstić information content (AvgIpc) is 2.44. The molecule has 0 bridgehead atoms. The molecule has 16 heavy (non-hydrogen) atoms. The number of hydrogen-bond donors (Lipinski definition) is 3. The minimum absolute atomic E-state index is 0.229. The van der Waals surface area contributed by atoms with Gasteiger partial charge in [0, 0.05) is 25.6 Å². The van der Waals surface area contributed by atoms with Crippen molar-refractivity contribution in [1.29, 1.82) is 0 Å². The van der Waals surface area contributed by atoms with Crippen LogP contribution >= 0.6 is 0 Å². The summed E-state index contributed by atoms with van der Waals surface area (Å²) in [4.78, 5) is 8.90. The van der Waals surface area contributed by atoms with Gasteiger partial charge in [-0.3, -0.25) is 0 Å². The second kappa shape index (κ2) is 7.42. The number of aliphatic hydroxyl groups is 1. The molecule has 1 fully saturated rings. The molecule has 1 atom stereocenters. The van der Waals surface area contributed by atoms with Gasteiger partial charge in [-0.2, -0.15) is 13.2 Å². The summed E-state index contributed by atoms with van der Waals surface area (Å²) in [6.07, 6.45) is -5.08. The Labute approximate surface area is 90.2 Å². The number of rotatable bonds is 1. The molecule has 1 aliphatic heterocycles. The Morgan fingerprint density at radius 3 is 2.50 bits per heavy atom. The average molecular weight is 245 g/mol. The number of alkyl halides is 3. The summed E-state index contributed by atoms with van der Waals surface area (Å²) >= 11 is 0. The standard InChI is InChI=1S/C6H13NO2.C2HF3O2/c8-4-6-3-7-1-2-9-5-6;3-2(4,5)1(6)7/h6-8H,1-5H2;(H,6,7). The fraction of sp³-hybridized carbons (Fsp3) is 0.875. The fourth-order valence-electron chi connectivity index (χ4n) is 0.877. The quantitative estimate of drug-likeness (QED) is 0.598. The number of nitrogens with one attached hydrogen (secondary N) is 1. The van der Waals surface area contributed by atoms with Gasteiger partial charge in [0.2, 0.25) is 0 Å². The first-order valence-electron chi connectivity index (χ1n) is 4.57. The number of carboxylic acids is 1. The van der Waals surface area contributed by atoms with Gasteiger partial charge in [0.15, 0.2) is 0 Å². The van der Waals surface area contributed by atoms with Crippen molar-refractivity contribution in [2.24, 2.45) is 5.92 Å². The number of carbonyl (C=O) groups is 1. The lowest BCUT2D eigenvalue weighted by Gasteiger charge is -2.07. The summed E-state index contributed by atoms with van der Waals surface area (Å²) in [6.45, 7) is 3.50. The zero-order valence-corrected chi connectivity index (χ0v) is 8.46. The van der Waals surface area contributed by atoms with Gasteiger partial charge in [-0.25, -0.2) is 4.79 Å². The Balaban J connectivity index is 0.000000293. The van der Waals surface area contributed by atoms with Crippen LogP contribution in [0.1, 0.15) is 0 Å². The molecular weight excluding hydrogens is 231 g/mol. The fourth-order valence-corrected chi connectivity index (χ4v) is 0.877. The highest BCUT2D eigenvalue weighted by Gasteiger charge is 2.38. The Morgan fingerprint density at radius 2 is 2.06 bits per heavy atom. The molecule has 5 nitrogen and oxygen atoms in total. The minimum Gasteiger partial charge on any atom is -0.475 e. The van der Waals surface area contributed by atoms with E-state index in [-0.39, 0.29) is 6.61 Å². The third kappa shape index (κ3) is 7.43. The van der Waals surface area contributed by atoms with Gasteiger partial charge in [0.05, 0.1) is 13.2 Å². The molecule has 8 heteroatoms. The van der Waals surface area contributed by atoms with Crippen LogP contribution in [0.15, 0.2) is 0 Å². The van der Waals surface area contributed by atoms with E-state index >= 15 is 0 Å². The Hall–Kier alpha value is -0.860. The summed E-state index contributed by atoms with van der Waals surface area (Å²) in [5, 5.41) is 19.0. The molecule has 0 aliphatic carbocycles. The number of carboxylic acid groups (broad SMARTS) is 1. The third-order valence-electron chi connectivity index (χ3n) is 1.71. The second-order valence-electron chi connectivity index (χ2n) is 3.13. The van der Waals surface area contributed by atoms with Crippen molar-refractivity contribution in [2.45, 2.75) is 6.18 Å². The molecule has 0 amide bonds. The molecule has 0 radical (unpaired) electrons. The van der Waals surface area contributed by atoms with E-state index in [1.807, 2.05) is 0 Å². The van der Waals surface area contributed by atoms with E-state index in [0.717, 1.165) is 19.7 Å². The summed E-state index contributed by atoms with van der Waals surface area (Å²) in [5.41, 5.74) is 0. The topological polar surface area (TPSA) is 78.8 Å². The van der Waals surface area contributed by atoms with Crippen LogP contribution in [-0.4, -0.2) is 55.3 Å². The van der Waals surface area contributed by atoms with E-state index in [1.54, 1.807) is 0 Å². The van der Waals surface area contributed by atoms with Crippen molar-refractivity contribution in [3.8, 4) is 0 Å². The molecule has 0 aromatic carbocycles. The normalized spacial score (nSPS) is 21.6. The van der Waals surface area contributed by atoms with Crippen LogP contribution in [0.25, 0.3) is 0 Å². The van der Waals surface area contributed by atoms with Crippen LogP contribution in [0.2, 0.25) is 0 Å². The first-order valence-corrected chi connectivity index (χ1v) is 4.57. The lowest BCUT2D eigenvalue weighted by molar-refractivity contribution is -0.192.